The lowest BCUT2D eigenvalue weighted by Gasteiger charge is -2.23. The van der Waals surface area contributed by atoms with Gasteiger partial charge in [0.15, 0.2) is 0 Å². The average molecular weight is 144 g/mol. The maximum Gasteiger partial charge on any atom is 0.325 e. The van der Waals surface area contributed by atoms with Crippen molar-refractivity contribution < 1.29 is 14.7 Å². The predicted octanol–water partition coefficient (Wildman–Crippen LogP) is -1.12. The van der Waals surface area contributed by atoms with Gasteiger partial charge in [0.2, 0.25) is 5.91 Å². The molecule has 10 heavy (non-hydrogen) atoms. The van der Waals surface area contributed by atoms with E-state index in [0.29, 0.717) is 6.54 Å². The lowest BCUT2D eigenvalue weighted by molar-refractivity contribution is -0.121. The van der Waals surface area contributed by atoms with E-state index in [9.17, 15) is 9.59 Å². The molecule has 56 valence electrons. The van der Waals surface area contributed by atoms with Gasteiger partial charge in [-0.05, 0) is 0 Å². The number of aliphatic hydroxyl groups excluding tert-OH is 1. The zero-order valence-electron chi connectivity index (χ0n) is 5.33. The third-order valence-electron chi connectivity index (χ3n) is 1.31. The molecule has 1 heterocycles. The molecule has 0 atom stereocenters. The number of rotatable bonds is 1. The molecule has 3 amide bonds. The summed E-state index contributed by atoms with van der Waals surface area (Å²) < 4.78 is 0. The number of aliphatic hydroxyl groups is 1. The number of imide groups is 1. The van der Waals surface area contributed by atoms with Crippen molar-refractivity contribution in [2.24, 2.45) is 0 Å². The zero-order chi connectivity index (χ0) is 7.56. The van der Waals surface area contributed by atoms with Crippen LogP contribution < -0.4 is 5.32 Å². The maximum atomic E-state index is 10.7. The van der Waals surface area contributed by atoms with Crippen LogP contribution >= 0.6 is 0 Å². The number of carbonyl (C=O) groups is 2. The van der Waals surface area contributed by atoms with Crippen LogP contribution in [0.4, 0.5) is 4.79 Å². The van der Waals surface area contributed by atoms with Crippen LogP contribution in [0, 0.1) is 0 Å². The SMILES string of the molecule is O=C1CCN(CO)C(=O)N1. The second-order valence-corrected chi connectivity index (χ2v) is 2.01. The van der Waals surface area contributed by atoms with Gasteiger partial charge >= 0.3 is 6.03 Å². The molecule has 0 bridgehead atoms. The molecule has 0 spiro atoms. The zero-order valence-corrected chi connectivity index (χ0v) is 5.33. The fourth-order valence-corrected chi connectivity index (χ4v) is 0.734. The largest absolute Gasteiger partial charge is 0.376 e. The topological polar surface area (TPSA) is 69.6 Å². The first kappa shape index (κ1) is 7.01. The molecule has 0 aromatic heterocycles. The first-order valence-electron chi connectivity index (χ1n) is 2.93. The summed E-state index contributed by atoms with van der Waals surface area (Å²) in [4.78, 5) is 22.3. The van der Waals surface area contributed by atoms with Crippen molar-refractivity contribution in [2.45, 2.75) is 6.42 Å². The smallest absolute Gasteiger partial charge is 0.325 e. The molecule has 1 aliphatic rings. The third kappa shape index (κ3) is 1.24. The Morgan fingerprint density at radius 1 is 1.60 bits per heavy atom. The van der Waals surface area contributed by atoms with Crippen molar-refractivity contribution in [3.05, 3.63) is 0 Å². The molecular formula is C5H8N2O3. The van der Waals surface area contributed by atoms with Gasteiger partial charge in [-0.15, -0.1) is 0 Å². The fraction of sp³-hybridized carbons (Fsp3) is 0.600. The van der Waals surface area contributed by atoms with Crippen LogP contribution in [0.3, 0.4) is 0 Å². The van der Waals surface area contributed by atoms with Crippen molar-refractivity contribution >= 4 is 11.9 Å². The van der Waals surface area contributed by atoms with E-state index in [-0.39, 0.29) is 19.1 Å². The van der Waals surface area contributed by atoms with Crippen LogP contribution in [-0.4, -0.2) is 35.2 Å². The lowest BCUT2D eigenvalue weighted by atomic mass is 10.3. The minimum Gasteiger partial charge on any atom is -0.376 e. The fourth-order valence-electron chi connectivity index (χ4n) is 0.734. The highest BCUT2D eigenvalue weighted by atomic mass is 16.3. The van der Waals surface area contributed by atoms with E-state index in [1.165, 1.54) is 0 Å². The van der Waals surface area contributed by atoms with Crippen molar-refractivity contribution in [3.63, 3.8) is 0 Å². The Hall–Kier alpha value is -1.10. The number of nitrogens with zero attached hydrogens (tertiary/aromatic N) is 1. The second-order valence-electron chi connectivity index (χ2n) is 2.01. The van der Waals surface area contributed by atoms with Gasteiger partial charge in [0.1, 0.15) is 6.73 Å². The molecule has 1 aliphatic heterocycles. The monoisotopic (exact) mass is 144 g/mol. The van der Waals surface area contributed by atoms with Crippen molar-refractivity contribution in [1.82, 2.24) is 10.2 Å². The van der Waals surface area contributed by atoms with Crippen LogP contribution in [0.2, 0.25) is 0 Å². The molecule has 1 saturated heterocycles. The summed E-state index contributed by atoms with van der Waals surface area (Å²) in [6, 6.07) is -0.515. The van der Waals surface area contributed by atoms with Gasteiger partial charge in [-0.2, -0.15) is 0 Å². The van der Waals surface area contributed by atoms with Crippen LogP contribution in [0.5, 0.6) is 0 Å². The maximum absolute atomic E-state index is 10.7. The number of carbonyl (C=O) groups excluding carboxylic acids is 2. The lowest BCUT2D eigenvalue weighted by Crippen LogP contribution is -2.49. The van der Waals surface area contributed by atoms with Crippen LogP contribution in [0.25, 0.3) is 0 Å². The van der Waals surface area contributed by atoms with E-state index in [1.54, 1.807) is 0 Å². The first-order chi connectivity index (χ1) is 4.74. The molecule has 1 fully saturated rings. The van der Waals surface area contributed by atoms with E-state index in [0.717, 1.165) is 4.90 Å². The van der Waals surface area contributed by atoms with Gasteiger partial charge in [0, 0.05) is 13.0 Å². The summed E-state index contributed by atoms with van der Waals surface area (Å²) in [6.07, 6.45) is 0.270. The van der Waals surface area contributed by atoms with Crippen LogP contribution in [0.1, 0.15) is 6.42 Å². The molecule has 0 aromatic rings. The summed E-state index contributed by atoms with van der Waals surface area (Å²) in [5, 5.41) is 10.6. The van der Waals surface area contributed by atoms with Crippen molar-refractivity contribution in [1.29, 1.82) is 0 Å². The number of urea groups is 1. The average Bonchev–Trinajstić information content (AvgIpc) is 1.88. The molecule has 0 saturated carbocycles. The number of nitrogens with one attached hydrogen (secondary N) is 1. The van der Waals surface area contributed by atoms with Crippen LogP contribution in [-0.2, 0) is 4.79 Å². The van der Waals surface area contributed by atoms with E-state index in [1.807, 2.05) is 0 Å². The highest BCUT2D eigenvalue weighted by Crippen LogP contribution is 1.97. The van der Waals surface area contributed by atoms with Gasteiger partial charge in [0.25, 0.3) is 0 Å². The highest BCUT2D eigenvalue weighted by molar-refractivity contribution is 5.96. The standard InChI is InChI=1S/C5H8N2O3/c8-3-7-2-1-4(9)6-5(7)10/h8H,1-3H2,(H,6,9,10). The molecule has 0 aliphatic carbocycles. The normalized spacial score (nSPS) is 19.1. The molecule has 1 rings (SSSR count). The van der Waals surface area contributed by atoms with Gasteiger partial charge in [-0.3, -0.25) is 10.1 Å². The third-order valence-corrected chi connectivity index (χ3v) is 1.31. The van der Waals surface area contributed by atoms with E-state index < -0.39 is 6.03 Å². The Balaban J connectivity index is 2.51. The second kappa shape index (κ2) is 2.66. The minimum absolute atomic E-state index is 0.270. The summed E-state index contributed by atoms with van der Waals surface area (Å²) in [6.45, 7) is -0.0275. The quantitative estimate of drug-likeness (QED) is 0.489. The minimum atomic E-state index is -0.515. The van der Waals surface area contributed by atoms with Crippen molar-refractivity contribution in [2.75, 3.05) is 13.3 Å². The Labute approximate surface area is 57.6 Å². The van der Waals surface area contributed by atoms with Gasteiger partial charge < -0.3 is 10.0 Å². The molecule has 0 radical (unpaired) electrons. The highest BCUT2D eigenvalue weighted by Gasteiger charge is 2.21. The summed E-state index contributed by atoms with van der Waals surface area (Å²) in [5.41, 5.74) is 0. The van der Waals surface area contributed by atoms with Gasteiger partial charge in [-0.1, -0.05) is 0 Å². The Bertz CT molecular complexity index is 168. The van der Waals surface area contributed by atoms with Gasteiger partial charge in [0.05, 0.1) is 0 Å². The number of amides is 3. The Morgan fingerprint density at radius 3 is 2.80 bits per heavy atom. The summed E-state index contributed by atoms with van der Waals surface area (Å²) >= 11 is 0. The molecule has 5 heteroatoms. The van der Waals surface area contributed by atoms with E-state index in [4.69, 9.17) is 5.11 Å². The number of hydrogen-bond acceptors (Lipinski definition) is 3. The summed E-state index contributed by atoms with van der Waals surface area (Å²) in [7, 11) is 0. The molecule has 2 N–H and O–H groups in total. The summed E-state index contributed by atoms with van der Waals surface area (Å²) in [5.74, 6) is -0.283. The van der Waals surface area contributed by atoms with Gasteiger partial charge in [-0.25, -0.2) is 4.79 Å². The number of hydrogen-bond donors (Lipinski definition) is 2. The van der Waals surface area contributed by atoms with E-state index >= 15 is 0 Å². The van der Waals surface area contributed by atoms with Crippen molar-refractivity contribution in [3.8, 4) is 0 Å². The van der Waals surface area contributed by atoms with Crippen LogP contribution in [0.15, 0.2) is 0 Å². The first-order valence-corrected chi connectivity index (χ1v) is 2.93. The molecule has 0 unspecified atom stereocenters. The predicted molar refractivity (Wildman–Crippen MR) is 31.9 cm³/mol. The molecular weight excluding hydrogens is 136 g/mol. The molecule has 5 nitrogen and oxygen atoms in total. The molecule has 0 aromatic carbocycles. The Kier molecular flexibility index (Phi) is 1.86. The Morgan fingerprint density at radius 2 is 2.30 bits per heavy atom. The van der Waals surface area contributed by atoms with E-state index in [2.05, 4.69) is 5.32 Å².